The molecule has 3 rings (SSSR count). The Morgan fingerprint density at radius 1 is 0.895 bits per heavy atom. The zero-order chi connectivity index (χ0) is 28.0. The van der Waals surface area contributed by atoms with Gasteiger partial charge in [0, 0.05) is 17.6 Å². The van der Waals surface area contributed by atoms with Crippen LogP contribution in [-0.2, 0) is 26.2 Å². The number of amides is 2. The lowest BCUT2D eigenvalue weighted by Crippen LogP contribution is -2.52. The molecule has 3 aromatic rings. The van der Waals surface area contributed by atoms with Crippen molar-refractivity contribution < 1.29 is 18.0 Å². The van der Waals surface area contributed by atoms with Crippen molar-refractivity contribution in [2.24, 2.45) is 0 Å². The number of carbonyl (C=O) groups excluding carboxylic acids is 2. The Bertz CT molecular complexity index is 1370. The molecule has 0 saturated carbocycles. The lowest BCUT2D eigenvalue weighted by atomic mass is 10.1. The molecule has 0 aromatic heterocycles. The standard InChI is InChI=1S/C29H34ClN3O4S/c1-20(2)31-29(35)23(5)32(18-24-9-7-6-8-22(24)4)28(34)19-33(26-14-12-25(30)13-15-26)38(36,37)27-16-10-21(3)11-17-27/h6-17,20,23H,18-19H2,1-5H3,(H,31,35). The van der Waals surface area contributed by atoms with Gasteiger partial charge in [0.05, 0.1) is 10.6 Å². The SMILES string of the molecule is Cc1ccc(S(=O)(=O)N(CC(=O)N(Cc2ccccc2C)C(C)C(=O)NC(C)C)c2ccc(Cl)cc2)cc1. The van der Waals surface area contributed by atoms with Crippen molar-refractivity contribution in [2.75, 3.05) is 10.8 Å². The first-order valence-electron chi connectivity index (χ1n) is 12.4. The molecule has 0 bridgehead atoms. The Labute approximate surface area is 230 Å². The molecule has 9 heteroatoms. The van der Waals surface area contributed by atoms with E-state index in [-0.39, 0.29) is 23.4 Å². The number of sulfonamides is 1. The second kappa shape index (κ2) is 12.5. The van der Waals surface area contributed by atoms with Gasteiger partial charge in [0.25, 0.3) is 10.0 Å². The summed E-state index contributed by atoms with van der Waals surface area (Å²) in [5, 5.41) is 3.29. The van der Waals surface area contributed by atoms with Crippen LogP contribution >= 0.6 is 11.6 Å². The predicted molar refractivity (Wildman–Crippen MR) is 152 cm³/mol. The van der Waals surface area contributed by atoms with Crippen molar-refractivity contribution in [2.45, 2.75) is 58.1 Å². The summed E-state index contributed by atoms with van der Waals surface area (Å²) in [5.74, 6) is -0.827. The second-order valence-electron chi connectivity index (χ2n) is 9.59. The van der Waals surface area contributed by atoms with Crippen LogP contribution in [0, 0.1) is 13.8 Å². The van der Waals surface area contributed by atoms with Gasteiger partial charge >= 0.3 is 0 Å². The predicted octanol–water partition coefficient (Wildman–Crippen LogP) is 5.09. The topological polar surface area (TPSA) is 86.8 Å². The fourth-order valence-electron chi connectivity index (χ4n) is 3.93. The molecule has 0 aliphatic heterocycles. The minimum absolute atomic E-state index is 0.0573. The molecule has 1 N–H and O–H groups in total. The molecule has 1 atom stereocenters. The number of rotatable bonds is 10. The van der Waals surface area contributed by atoms with Crippen LogP contribution in [0.2, 0.25) is 5.02 Å². The molecular weight excluding hydrogens is 522 g/mol. The van der Waals surface area contributed by atoms with Crippen molar-refractivity contribution in [3.05, 3.63) is 94.5 Å². The molecule has 1 unspecified atom stereocenters. The first-order valence-corrected chi connectivity index (χ1v) is 14.2. The van der Waals surface area contributed by atoms with Crippen molar-refractivity contribution in [3.63, 3.8) is 0 Å². The molecule has 0 saturated heterocycles. The minimum atomic E-state index is -4.12. The maximum atomic E-state index is 13.9. The van der Waals surface area contributed by atoms with E-state index in [9.17, 15) is 18.0 Å². The summed E-state index contributed by atoms with van der Waals surface area (Å²) in [6.07, 6.45) is 0. The van der Waals surface area contributed by atoms with Gasteiger partial charge in [0.2, 0.25) is 11.8 Å². The molecule has 2 amide bonds. The quantitative estimate of drug-likeness (QED) is 0.377. The van der Waals surface area contributed by atoms with E-state index in [2.05, 4.69) is 5.32 Å². The fourth-order valence-corrected chi connectivity index (χ4v) is 5.47. The molecule has 0 heterocycles. The average molecular weight is 556 g/mol. The van der Waals surface area contributed by atoms with Gasteiger partial charge < -0.3 is 10.2 Å². The normalized spacial score (nSPS) is 12.2. The molecule has 0 radical (unpaired) electrons. The van der Waals surface area contributed by atoms with Crippen LogP contribution in [0.4, 0.5) is 5.69 Å². The monoisotopic (exact) mass is 555 g/mol. The third kappa shape index (κ3) is 7.14. The molecule has 38 heavy (non-hydrogen) atoms. The van der Waals surface area contributed by atoms with Gasteiger partial charge in [-0.3, -0.25) is 13.9 Å². The van der Waals surface area contributed by atoms with Gasteiger partial charge in [-0.15, -0.1) is 0 Å². The Morgan fingerprint density at radius 2 is 1.50 bits per heavy atom. The van der Waals surface area contributed by atoms with Crippen LogP contribution in [0.1, 0.15) is 37.5 Å². The van der Waals surface area contributed by atoms with E-state index >= 15 is 0 Å². The summed E-state index contributed by atoms with van der Waals surface area (Å²) in [6.45, 7) is 8.78. The van der Waals surface area contributed by atoms with Gasteiger partial charge in [-0.05, 0) is 82.1 Å². The number of anilines is 1. The number of nitrogens with one attached hydrogen (secondary N) is 1. The first kappa shape index (κ1) is 29.2. The molecule has 0 spiro atoms. The Hall–Kier alpha value is -3.36. The van der Waals surface area contributed by atoms with Crippen LogP contribution in [0.15, 0.2) is 77.7 Å². The van der Waals surface area contributed by atoms with E-state index in [1.165, 1.54) is 17.0 Å². The van der Waals surface area contributed by atoms with Crippen molar-refractivity contribution in [1.29, 1.82) is 0 Å². The first-order chi connectivity index (χ1) is 17.9. The van der Waals surface area contributed by atoms with Crippen molar-refractivity contribution >= 4 is 39.1 Å². The van der Waals surface area contributed by atoms with Gasteiger partial charge in [-0.25, -0.2) is 8.42 Å². The summed E-state index contributed by atoms with van der Waals surface area (Å²) in [5.41, 5.74) is 3.03. The zero-order valence-corrected chi connectivity index (χ0v) is 23.9. The highest BCUT2D eigenvalue weighted by Gasteiger charge is 2.32. The zero-order valence-electron chi connectivity index (χ0n) is 22.3. The number of aryl methyl sites for hydroxylation is 2. The number of hydrogen-bond acceptors (Lipinski definition) is 4. The van der Waals surface area contributed by atoms with E-state index in [0.29, 0.717) is 10.7 Å². The van der Waals surface area contributed by atoms with Crippen molar-refractivity contribution in [1.82, 2.24) is 10.2 Å². The largest absolute Gasteiger partial charge is 0.352 e. The molecule has 0 fully saturated rings. The maximum Gasteiger partial charge on any atom is 0.264 e. The third-order valence-corrected chi connectivity index (χ3v) is 8.24. The molecule has 7 nitrogen and oxygen atoms in total. The summed E-state index contributed by atoms with van der Waals surface area (Å²) in [6, 6.07) is 19.3. The van der Waals surface area contributed by atoms with Crippen LogP contribution < -0.4 is 9.62 Å². The lowest BCUT2D eigenvalue weighted by molar-refractivity contribution is -0.139. The Balaban J connectivity index is 2.03. The van der Waals surface area contributed by atoms with E-state index < -0.39 is 28.5 Å². The van der Waals surface area contributed by atoms with E-state index in [0.717, 1.165) is 21.0 Å². The van der Waals surface area contributed by atoms with Gasteiger partial charge in [-0.1, -0.05) is 53.6 Å². The summed E-state index contributed by atoms with van der Waals surface area (Å²) >= 11 is 6.06. The van der Waals surface area contributed by atoms with E-state index in [1.54, 1.807) is 43.3 Å². The Kier molecular flexibility index (Phi) is 9.57. The van der Waals surface area contributed by atoms with Gasteiger partial charge in [-0.2, -0.15) is 0 Å². The number of carbonyl (C=O) groups is 2. The highest BCUT2D eigenvalue weighted by atomic mass is 35.5. The number of benzene rings is 3. The van der Waals surface area contributed by atoms with Gasteiger partial charge in [0.15, 0.2) is 0 Å². The molecule has 0 aliphatic carbocycles. The number of hydrogen-bond donors (Lipinski definition) is 1. The number of nitrogens with zero attached hydrogens (tertiary/aromatic N) is 2. The highest BCUT2D eigenvalue weighted by Crippen LogP contribution is 2.26. The van der Waals surface area contributed by atoms with Crippen LogP contribution in [-0.4, -0.2) is 43.8 Å². The Morgan fingerprint density at radius 3 is 2.08 bits per heavy atom. The van der Waals surface area contributed by atoms with E-state index in [1.807, 2.05) is 52.0 Å². The molecule has 202 valence electrons. The minimum Gasteiger partial charge on any atom is -0.352 e. The lowest BCUT2D eigenvalue weighted by Gasteiger charge is -2.32. The second-order valence-corrected chi connectivity index (χ2v) is 11.9. The van der Waals surface area contributed by atoms with Crippen LogP contribution in [0.5, 0.6) is 0 Å². The molecule has 0 aliphatic rings. The highest BCUT2D eigenvalue weighted by molar-refractivity contribution is 7.92. The molecular formula is C29H34ClN3O4S. The van der Waals surface area contributed by atoms with E-state index in [4.69, 9.17) is 11.6 Å². The average Bonchev–Trinajstić information content (AvgIpc) is 2.86. The van der Waals surface area contributed by atoms with Crippen LogP contribution in [0.3, 0.4) is 0 Å². The number of halogens is 1. The van der Waals surface area contributed by atoms with Crippen LogP contribution in [0.25, 0.3) is 0 Å². The fraction of sp³-hybridized carbons (Fsp3) is 0.310. The summed E-state index contributed by atoms with van der Waals surface area (Å²) in [7, 11) is -4.12. The third-order valence-electron chi connectivity index (χ3n) is 6.20. The summed E-state index contributed by atoms with van der Waals surface area (Å²) < 4.78 is 28.6. The van der Waals surface area contributed by atoms with Crippen molar-refractivity contribution in [3.8, 4) is 0 Å². The maximum absolute atomic E-state index is 13.9. The van der Waals surface area contributed by atoms with Gasteiger partial charge in [0.1, 0.15) is 12.6 Å². The summed E-state index contributed by atoms with van der Waals surface area (Å²) in [4.78, 5) is 28.3. The molecule has 3 aromatic carbocycles. The smallest absolute Gasteiger partial charge is 0.264 e.